The summed E-state index contributed by atoms with van der Waals surface area (Å²) in [6.45, 7) is 11.2. The van der Waals surface area contributed by atoms with Gasteiger partial charge in [-0.25, -0.2) is 0 Å². The van der Waals surface area contributed by atoms with Crippen LogP contribution in [-0.2, 0) is 16.0 Å². The van der Waals surface area contributed by atoms with Crippen LogP contribution in [0.4, 0.5) is 0 Å². The lowest BCUT2D eigenvalue weighted by Gasteiger charge is -2.45. The second kappa shape index (κ2) is 9.60. The van der Waals surface area contributed by atoms with Crippen molar-refractivity contribution in [3.05, 3.63) is 34.9 Å². The molecule has 0 bridgehead atoms. The van der Waals surface area contributed by atoms with E-state index < -0.39 is 5.41 Å². The molecule has 0 radical (unpaired) electrons. The number of hydrogen-bond donors (Lipinski definition) is 0. The first-order chi connectivity index (χ1) is 13.4. The van der Waals surface area contributed by atoms with Gasteiger partial charge in [-0.3, -0.25) is 4.79 Å². The summed E-state index contributed by atoms with van der Waals surface area (Å²) in [5.74, 6) is -0.0285. The maximum atomic E-state index is 12.9. The van der Waals surface area contributed by atoms with Gasteiger partial charge in [-0.1, -0.05) is 23.7 Å². The number of ether oxygens (including phenoxy) is 1. The average molecular weight is 407 g/mol. The monoisotopic (exact) mass is 406 g/mol. The molecule has 0 amide bonds. The van der Waals surface area contributed by atoms with E-state index in [1.807, 2.05) is 31.2 Å². The summed E-state index contributed by atoms with van der Waals surface area (Å²) in [5, 5.41) is 0.733. The van der Waals surface area contributed by atoms with Gasteiger partial charge >= 0.3 is 5.97 Å². The molecule has 28 heavy (non-hydrogen) atoms. The molecule has 4 nitrogen and oxygen atoms in total. The quantitative estimate of drug-likeness (QED) is 0.655. The smallest absolute Gasteiger partial charge is 0.312 e. The van der Waals surface area contributed by atoms with E-state index in [1.54, 1.807) is 0 Å². The van der Waals surface area contributed by atoms with Crippen LogP contribution in [0.2, 0.25) is 5.02 Å². The largest absolute Gasteiger partial charge is 0.466 e. The van der Waals surface area contributed by atoms with Gasteiger partial charge in [0.25, 0.3) is 0 Å². The highest BCUT2D eigenvalue weighted by Gasteiger charge is 2.44. The van der Waals surface area contributed by atoms with Gasteiger partial charge in [0.05, 0.1) is 12.0 Å². The van der Waals surface area contributed by atoms with Crippen molar-refractivity contribution in [3.63, 3.8) is 0 Å². The molecule has 0 aliphatic carbocycles. The van der Waals surface area contributed by atoms with Crippen molar-refractivity contribution in [1.29, 1.82) is 0 Å². The molecule has 2 saturated heterocycles. The van der Waals surface area contributed by atoms with Crippen LogP contribution >= 0.6 is 11.6 Å². The van der Waals surface area contributed by atoms with Gasteiger partial charge in [0.2, 0.25) is 0 Å². The van der Waals surface area contributed by atoms with E-state index in [1.165, 1.54) is 25.9 Å². The van der Waals surface area contributed by atoms with Crippen LogP contribution < -0.4 is 0 Å². The number of likely N-dealkylation sites (tertiary alicyclic amines) is 2. The summed E-state index contributed by atoms with van der Waals surface area (Å²) in [4.78, 5) is 18.1. The van der Waals surface area contributed by atoms with Crippen molar-refractivity contribution in [2.24, 2.45) is 5.41 Å². The summed E-state index contributed by atoms with van der Waals surface area (Å²) in [7, 11) is 0. The Kier molecular flexibility index (Phi) is 7.41. The molecule has 156 valence electrons. The molecule has 2 aliphatic rings. The predicted molar refractivity (Wildman–Crippen MR) is 115 cm³/mol. The lowest BCUT2D eigenvalue weighted by molar-refractivity contribution is -0.159. The molecule has 0 spiro atoms. The third-order valence-electron chi connectivity index (χ3n) is 6.67. The number of benzene rings is 1. The van der Waals surface area contributed by atoms with Crippen molar-refractivity contribution in [2.45, 2.75) is 65.0 Å². The first-order valence-corrected chi connectivity index (χ1v) is 11.2. The Morgan fingerprint density at radius 1 is 1.14 bits per heavy atom. The number of hydrogen-bond acceptors (Lipinski definition) is 4. The Balaban J connectivity index is 1.64. The molecule has 2 aliphatic heterocycles. The van der Waals surface area contributed by atoms with E-state index >= 15 is 0 Å². The summed E-state index contributed by atoms with van der Waals surface area (Å²) < 4.78 is 5.51. The van der Waals surface area contributed by atoms with E-state index in [4.69, 9.17) is 16.3 Å². The maximum absolute atomic E-state index is 12.9. The molecular weight excluding hydrogens is 372 g/mol. The van der Waals surface area contributed by atoms with E-state index in [9.17, 15) is 4.79 Å². The Bertz CT molecular complexity index is 631. The fraction of sp³-hybridized carbons (Fsp3) is 0.696. The van der Waals surface area contributed by atoms with Gasteiger partial charge in [-0.15, -0.1) is 0 Å². The first kappa shape index (κ1) is 21.6. The van der Waals surface area contributed by atoms with Gasteiger partial charge in [-0.05, 0) is 96.8 Å². The van der Waals surface area contributed by atoms with Gasteiger partial charge in [0, 0.05) is 17.1 Å². The second-order valence-electron chi connectivity index (χ2n) is 8.70. The Hall–Kier alpha value is -1.10. The van der Waals surface area contributed by atoms with Crippen molar-refractivity contribution in [2.75, 3.05) is 32.8 Å². The van der Waals surface area contributed by atoms with E-state index in [2.05, 4.69) is 23.6 Å². The van der Waals surface area contributed by atoms with Crippen LogP contribution in [0.3, 0.4) is 0 Å². The topological polar surface area (TPSA) is 32.8 Å². The minimum Gasteiger partial charge on any atom is -0.466 e. The van der Waals surface area contributed by atoms with Crippen molar-refractivity contribution in [1.82, 2.24) is 9.80 Å². The van der Waals surface area contributed by atoms with E-state index in [-0.39, 0.29) is 5.97 Å². The molecule has 5 heteroatoms. The van der Waals surface area contributed by atoms with Crippen LogP contribution in [0.25, 0.3) is 0 Å². The van der Waals surface area contributed by atoms with Crippen LogP contribution in [0, 0.1) is 5.41 Å². The van der Waals surface area contributed by atoms with Crippen LogP contribution in [0.1, 0.15) is 52.0 Å². The maximum Gasteiger partial charge on any atom is 0.312 e. The molecular formula is C23H35ClN2O2. The highest BCUT2D eigenvalue weighted by molar-refractivity contribution is 6.30. The van der Waals surface area contributed by atoms with Crippen LogP contribution in [-0.4, -0.2) is 60.6 Å². The first-order valence-electron chi connectivity index (χ1n) is 10.8. The number of rotatable bonds is 6. The van der Waals surface area contributed by atoms with E-state index in [0.29, 0.717) is 18.7 Å². The number of nitrogens with zero attached hydrogens (tertiary/aromatic N) is 2. The number of esters is 1. The molecule has 0 saturated carbocycles. The van der Waals surface area contributed by atoms with Crippen molar-refractivity contribution in [3.8, 4) is 0 Å². The van der Waals surface area contributed by atoms with Gasteiger partial charge in [0.15, 0.2) is 0 Å². The highest BCUT2D eigenvalue weighted by atomic mass is 35.5. The summed E-state index contributed by atoms with van der Waals surface area (Å²) in [6.07, 6.45) is 4.96. The van der Waals surface area contributed by atoms with Crippen molar-refractivity contribution >= 4 is 17.6 Å². The molecule has 1 aromatic carbocycles. The minimum atomic E-state index is -0.404. The molecule has 0 unspecified atom stereocenters. The SMILES string of the molecule is CCOC(=O)C1(Cc2ccc(Cl)cc2)CCN(C2CCN(C(C)C)CC2)CC1. The molecule has 1 aromatic rings. The normalized spacial score (nSPS) is 21.8. The van der Waals surface area contributed by atoms with Crippen LogP contribution in [0.5, 0.6) is 0 Å². The third-order valence-corrected chi connectivity index (χ3v) is 6.92. The predicted octanol–water partition coefficient (Wildman–Crippen LogP) is 4.40. The lowest BCUT2D eigenvalue weighted by atomic mass is 9.73. The number of carbonyl (C=O) groups is 1. The van der Waals surface area contributed by atoms with Crippen molar-refractivity contribution < 1.29 is 9.53 Å². The highest BCUT2D eigenvalue weighted by Crippen LogP contribution is 2.38. The zero-order chi connectivity index (χ0) is 20.1. The molecule has 3 rings (SSSR count). The average Bonchev–Trinajstić information content (AvgIpc) is 2.70. The lowest BCUT2D eigenvalue weighted by Crippen LogP contribution is -2.52. The number of halogens is 1. The third kappa shape index (κ3) is 5.08. The molecule has 0 N–H and O–H groups in total. The fourth-order valence-corrected chi connectivity index (χ4v) is 4.94. The van der Waals surface area contributed by atoms with Gasteiger partial charge < -0.3 is 14.5 Å². The summed E-state index contributed by atoms with van der Waals surface area (Å²) in [6, 6.07) is 9.19. The number of piperidine rings is 2. The second-order valence-corrected chi connectivity index (χ2v) is 9.14. The summed E-state index contributed by atoms with van der Waals surface area (Å²) >= 11 is 6.03. The Morgan fingerprint density at radius 2 is 1.75 bits per heavy atom. The Morgan fingerprint density at radius 3 is 2.29 bits per heavy atom. The fourth-order valence-electron chi connectivity index (χ4n) is 4.81. The minimum absolute atomic E-state index is 0.0285. The molecule has 2 heterocycles. The van der Waals surface area contributed by atoms with Gasteiger partial charge in [0.1, 0.15) is 0 Å². The standard InChI is InChI=1S/C23H35ClN2O2/c1-4-28-22(27)23(17-19-5-7-20(24)8-6-19)11-15-26(16-12-23)21-9-13-25(14-10-21)18(2)3/h5-8,18,21H,4,9-17H2,1-3H3. The van der Waals surface area contributed by atoms with Crippen LogP contribution in [0.15, 0.2) is 24.3 Å². The zero-order valence-electron chi connectivity index (χ0n) is 17.6. The summed E-state index contributed by atoms with van der Waals surface area (Å²) in [5.41, 5.74) is 0.759. The molecule has 0 atom stereocenters. The molecule has 0 aromatic heterocycles. The van der Waals surface area contributed by atoms with Gasteiger partial charge in [-0.2, -0.15) is 0 Å². The van der Waals surface area contributed by atoms with E-state index in [0.717, 1.165) is 42.9 Å². The zero-order valence-corrected chi connectivity index (χ0v) is 18.4. The molecule has 2 fully saturated rings. The number of carbonyl (C=O) groups excluding carboxylic acids is 1. The Labute approximate surface area is 175 Å².